The Balaban J connectivity index is 1.97. The van der Waals surface area contributed by atoms with E-state index in [1.165, 1.54) is 30.5 Å². The standard InChI is InChI=1S/C22H21FN2O4S/c1-3-29-22(26)19-11-17(19)20(18-10-15(12-24)6-9-21(18)23)13-25-30(27,28)16-7-4-14(2)5-8-16/h4-10,13,17,19,25H,3,11H2,1-2H3/b20-13+. The van der Waals surface area contributed by atoms with Gasteiger partial charge in [0, 0.05) is 17.7 Å². The number of halogens is 1. The molecular weight excluding hydrogens is 407 g/mol. The molecule has 1 fully saturated rings. The molecule has 1 saturated carbocycles. The molecule has 6 nitrogen and oxygen atoms in total. The Morgan fingerprint density at radius 2 is 1.97 bits per heavy atom. The molecule has 0 heterocycles. The monoisotopic (exact) mass is 428 g/mol. The van der Waals surface area contributed by atoms with Crippen LogP contribution in [-0.4, -0.2) is 21.0 Å². The van der Waals surface area contributed by atoms with Gasteiger partial charge in [0.25, 0.3) is 10.0 Å². The van der Waals surface area contributed by atoms with E-state index in [1.807, 2.05) is 13.0 Å². The molecular formula is C22H21FN2O4S. The van der Waals surface area contributed by atoms with Crippen LogP contribution in [0.25, 0.3) is 5.57 Å². The maximum absolute atomic E-state index is 14.6. The van der Waals surface area contributed by atoms with Gasteiger partial charge in [-0.05, 0) is 56.2 Å². The summed E-state index contributed by atoms with van der Waals surface area (Å²) in [6.45, 7) is 3.76. The van der Waals surface area contributed by atoms with Crippen molar-refractivity contribution in [1.82, 2.24) is 4.72 Å². The molecule has 2 atom stereocenters. The first kappa shape index (κ1) is 21.5. The minimum atomic E-state index is -3.89. The molecule has 1 aliphatic rings. The molecule has 1 N–H and O–H groups in total. The number of nitrogens with one attached hydrogen (secondary N) is 1. The highest BCUT2D eigenvalue weighted by atomic mass is 32.2. The number of allylic oxidation sites excluding steroid dienone is 1. The first-order valence-electron chi connectivity index (χ1n) is 9.42. The number of nitrogens with zero attached hydrogens (tertiary/aromatic N) is 1. The van der Waals surface area contributed by atoms with E-state index in [-0.39, 0.29) is 22.6 Å². The average molecular weight is 428 g/mol. The summed E-state index contributed by atoms with van der Waals surface area (Å²) >= 11 is 0. The SMILES string of the molecule is CCOC(=O)C1CC1/C(=C\NS(=O)(=O)c1ccc(C)cc1)c1cc(C#N)ccc1F. The van der Waals surface area contributed by atoms with E-state index >= 15 is 0 Å². The van der Waals surface area contributed by atoms with Crippen LogP contribution in [0, 0.1) is 35.9 Å². The zero-order chi connectivity index (χ0) is 21.9. The Morgan fingerprint density at radius 1 is 1.27 bits per heavy atom. The number of ether oxygens (including phenoxy) is 1. The first-order valence-corrected chi connectivity index (χ1v) is 10.9. The summed E-state index contributed by atoms with van der Waals surface area (Å²) in [5.74, 6) is -1.91. The maximum atomic E-state index is 14.6. The fourth-order valence-electron chi connectivity index (χ4n) is 3.18. The predicted octanol–water partition coefficient (Wildman–Crippen LogP) is 3.52. The van der Waals surface area contributed by atoms with E-state index in [9.17, 15) is 17.6 Å². The molecule has 2 aromatic carbocycles. The summed E-state index contributed by atoms with van der Waals surface area (Å²) in [5, 5.41) is 9.15. The van der Waals surface area contributed by atoms with Crippen molar-refractivity contribution in [3.8, 4) is 6.07 Å². The lowest BCUT2D eigenvalue weighted by molar-refractivity contribution is -0.144. The van der Waals surface area contributed by atoms with Gasteiger partial charge in [-0.25, -0.2) is 12.8 Å². The smallest absolute Gasteiger partial charge is 0.309 e. The minimum Gasteiger partial charge on any atom is -0.466 e. The number of aryl methyl sites for hydroxylation is 1. The summed E-state index contributed by atoms with van der Waals surface area (Å²) in [6.07, 6.45) is 1.62. The molecule has 156 valence electrons. The lowest BCUT2D eigenvalue weighted by Gasteiger charge is -2.12. The second-order valence-corrected chi connectivity index (χ2v) is 8.76. The molecule has 1 aliphatic carbocycles. The van der Waals surface area contributed by atoms with Crippen LogP contribution in [-0.2, 0) is 19.6 Å². The topological polar surface area (TPSA) is 96.3 Å². The van der Waals surface area contributed by atoms with Gasteiger partial charge in [0.1, 0.15) is 5.82 Å². The van der Waals surface area contributed by atoms with Crippen molar-refractivity contribution in [3.63, 3.8) is 0 Å². The van der Waals surface area contributed by atoms with Gasteiger partial charge in [0.2, 0.25) is 0 Å². The quantitative estimate of drug-likeness (QED) is 0.681. The zero-order valence-corrected chi connectivity index (χ0v) is 17.4. The van der Waals surface area contributed by atoms with Crippen molar-refractivity contribution in [2.24, 2.45) is 11.8 Å². The van der Waals surface area contributed by atoms with Gasteiger partial charge in [0.15, 0.2) is 0 Å². The normalized spacial score (nSPS) is 18.4. The molecule has 0 spiro atoms. The molecule has 8 heteroatoms. The number of hydrogen-bond acceptors (Lipinski definition) is 5. The number of nitriles is 1. The molecule has 0 aliphatic heterocycles. The molecule has 30 heavy (non-hydrogen) atoms. The van der Waals surface area contributed by atoms with Crippen molar-refractivity contribution in [2.45, 2.75) is 25.2 Å². The third kappa shape index (κ3) is 4.69. The van der Waals surface area contributed by atoms with Crippen molar-refractivity contribution in [3.05, 3.63) is 71.2 Å². The Morgan fingerprint density at radius 3 is 2.60 bits per heavy atom. The average Bonchev–Trinajstić information content (AvgIpc) is 3.50. The molecule has 0 saturated heterocycles. The second-order valence-electron chi connectivity index (χ2n) is 7.04. The summed E-state index contributed by atoms with van der Waals surface area (Å²) in [7, 11) is -3.89. The van der Waals surface area contributed by atoms with Gasteiger partial charge in [-0.1, -0.05) is 17.7 Å². The number of carbonyl (C=O) groups is 1. The van der Waals surface area contributed by atoms with Crippen molar-refractivity contribution < 1.29 is 22.3 Å². The van der Waals surface area contributed by atoms with Gasteiger partial charge < -0.3 is 4.74 Å². The molecule has 0 bridgehead atoms. The highest BCUT2D eigenvalue weighted by Gasteiger charge is 2.47. The van der Waals surface area contributed by atoms with Gasteiger partial charge >= 0.3 is 5.97 Å². The number of benzene rings is 2. The van der Waals surface area contributed by atoms with Crippen LogP contribution >= 0.6 is 0 Å². The van der Waals surface area contributed by atoms with Crippen molar-refractivity contribution in [2.75, 3.05) is 6.61 Å². The van der Waals surface area contributed by atoms with Crippen molar-refractivity contribution >= 4 is 21.6 Å². The van der Waals surface area contributed by atoms with Gasteiger partial charge in [-0.15, -0.1) is 0 Å². The molecule has 2 aromatic rings. The van der Waals surface area contributed by atoms with Crippen LogP contribution in [0.15, 0.2) is 53.6 Å². The number of esters is 1. The minimum absolute atomic E-state index is 0.0627. The summed E-state index contributed by atoms with van der Waals surface area (Å²) < 4.78 is 47.3. The van der Waals surface area contributed by atoms with Gasteiger partial charge in [-0.2, -0.15) is 5.26 Å². The maximum Gasteiger partial charge on any atom is 0.309 e. The third-order valence-electron chi connectivity index (χ3n) is 4.89. The fourth-order valence-corrected chi connectivity index (χ4v) is 4.09. The molecule has 3 rings (SSSR count). The van der Waals surface area contributed by atoms with E-state index in [4.69, 9.17) is 10.00 Å². The van der Waals surface area contributed by atoms with Crippen LogP contribution in [0.3, 0.4) is 0 Å². The number of carbonyl (C=O) groups excluding carboxylic acids is 1. The summed E-state index contributed by atoms with van der Waals surface area (Å²) in [6, 6.07) is 12.1. The lowest BCUT2D eigenvalue weighted by Crippen LogP contribution is -2.19. The fraction of sp³-hybridized carbons (Fsp3) is 0.273. The van der Waals surface area contributed by atoms with Crippen LogP contribution in [0.5, 0.6) is 0 Å². The molecule has 2 unspecified atom stereocenters. The van der Waals surface area contributed by atoms with Crippen LogP contribution in [0.1, 0.15) is 30.0 Å². The molecule has 0 radical (unpaired) electrons. The predicted molar refractivity (Wildman–Crippen MR) is 109 cm³/mol. The summed E-state index contributed by atoms with van der Waals surface area (Å²) in [4.78, 5) is 12.1. The van der Waals surface area contributed by atoms with Crippen LogP contribution < -0.4 is 4.72 Å². The van der Waals surface area contributed by atoms with E-state index in [0.29, 0.717) is 12.0 Å². The van der Waals surface area contributed by atoms with Crippen LogP contribution in [0.2, 0.25) is 0 Å². The summed E-state index contributed by atoms with van der Waals surface area (Å²) in [5.41, 5.74) is 1.53. The van der Waals surface area contributed by atoms with Gasteiger partial charge in [0.05, 0.1) is 29.1 Å². The van der Waals surface area contributed by atoms with E-state index in [1.54, 1.807) is 19.1 Å². The Bertz CT molecular complexity index is 1130. The van der Waals surface area contributed by atoms with Crippen molar-refractivity contribution in [1.29, 1.82) is 5.26 Å². The Hall–Kier alpha value is -3.18. The van der Waals surface area contributed by atoms with E-state index in [2.05, 4.69) is 4.72 Å². The highest BCUT2D eigenvalue weighted by Crippen LogP contribution is 2.49. The Labute approximate surface area is 175 Å². The largest absolute Gasteiger partial charge is 0.466 e. The molecule has 0 amide bonds. The van der Waals surface area contributed by atoms with Gasteiger partial charge in [-0.3, -0.25) is 9.52 Å². The third-order valence-corrected chi connectivity index (χ3v) is 6.21. The zero-order valence-electron chi connectivity index (χ0n) is 16.6. The second kappa shape index (κ2) is 8.67. The van der Waals surface area contributed by atoms with E-state index in [0.717, 1.165) is 11.6 Å². The van der Waals surface area contributed by atoms with E-state index < -0.39 is 33.6 Å². The first-order chi connectivity index (χ1) is 14.3. The number of rotatable bonds is 7. The Kier molecular flexibility index (Phi) is 6.22. The number of hydrogen-bond donors (Lipinski definition) is 1. The number of sulfonamides is 1. The molecule has 0 aromatic heterocycles. The van der Waals surface area contributed by atoms with Crippen LogP contribution in [0.4, 0.5) is 4.39 Å². The lowest BCUT2D eigenvalue weighted by atomic mass is 9.98. The highest BCUT2D eigenvalue weighted by molar-refractivity contribution is 7.89.